The normalized spacial score (nSPS) is 12.4. The minimum Gasteiger partial charge on any atom is -0.545 e. The summed E-state index contributed by atoms with van der Waals surface area (Å²) in [5.41, 5.74) is 9.62. The van der Waals surface area contributed by atoms with Crippen molar-refractivity contribution in [2.45, 2.75) is 9.79 Å². The molecule has 0 radical (unpaired) electrons. The number of rotatable bonds is 8. The number of ketones is 4. The Kier molecular flexibility index (Phi) is 14.2. The Morgan fingerprint density at radius 3 is 1.05 bits per heavy atom. The van der Waals surface area contributed by atoms with Crippen LogP contribution in [0.1, 0.15) is 84.4 Å². The van der Waals surface area contributed by atoms with Gasteiger partial charge in [0.1, 0.15) is 9.79 Å². The standard InChI is InChI=1S/2C21H14N2O7S.2Na/c2*22-18-15(31(28,29)30)9-14(23-11-5-3-4-10(8-11)21(26)27)16-17(18)20(25)13-7-2-1-6-12(13)19(16)24;;/h2*1-9,23H,22H2,(H,26,27)(H,28,29,30);;/q;;2*+1/p-2. The molecule has 0 bridgehead atoms. The molecule has 312 valence electrons. The average molecular weight is 921 g/mol. The third kappa shape index (κ3) is 9.14. The van der Waals surface area contributed by atoms with Crippen LogP contribution in [-0.2, 0) is 20.2 Å². The van der Waals surface area contributed by atoms with Crippen molar-refractivity contribution in [3.05, 3.63) is 165 Å². The number of hydrogen-bond acceptors (Lipinski definition) is 16. The van der Waals surface area contributed by atoms with Gasteiger partial charge in [0.2, 0.25) is 0 Å². The van der Waals surface area contributed by atoms with E-state index in [4.69, 9.17) is 11.5 Å². The monoisotopic (exact) mass is 920 g/mol. The van der Waals surface area contributed by atoms with Crippen LogP contribution in [0, 0.1) is 0 Å². The van der Waals surface area contributed by atoms with Crippen molar-refractivity contribution in [2.24, 2.45) is 0 Å². The first-order chi connectivity index (χ1) is 29.2. The summed E-state index contributed by atoms with van der Waals surface area (Å²) >= 11 is 0. The number of carboxylic acids is 2. The smallest absolute Gasteiger partial charge is 0.545 e. The molecule has 0 aromatic heterocycles. The Morgan fingerprint density at radius 2 is 0.766 bits per heavy atom. The maximum atomic E-state index is 13.2. The molecule has 0 unspecified atom stereocenters. The van der Waals surface area contributed by atoms with E-state index in [1.807, 2.05) is 0 Å². The molecule has 0 saturated carbocycles. The molecule has 0 fully saturated rings. The number of nitrogen functional groups attached to an aromatic ring is 2. The molecule has 0 spiro atoms. The maximum Gasteiger partial charge on any atom is 1.00 e. The Morgan fingerprint density at radius 1 is 0.469 bits per heavy atom. The molecule has 0 saturated heterocycles. The molecule has 6 aromatic rings. The Hall–Kier alpha value is -6.04. The molecule has 6 aromatic carbocycles. The predicted molar refractivity (Wildman–Crippen MR) is 216 cm³/mol. The molecule has 0 heterocycles. The first kappa shape index (κ1) is 49.0. The number of fused-ring (bicyclic) bond motifs is 4. The van der Waals surface area contributed by atoms with Crippen LogP contribution in [0.4, 0.5) is 34.1 Å². The summed E-state index contributed by atoms with van der Waals surface area (Å²) in [7, 11) is -9.71. The van der Waals surface area contributed by atoms with Crippen LogP contribution in [0.3, 0.4) is 0 Å². The first-order valence-electron chi connectivity index (χ1n) is 17.6. The second-order valence-electron chi connectivity index (χ2n) is 13.5. The molecule has 0 atom stereocenters. The predicted octanol–water partition coefficient (Wildman–Crippen LogP) is -3.20. The number of carboxylic acid groups (broad SMARTS) is 2. The van der Waals surface area contributed by atoms with Gasteiger partial charge in [0, 0.05) is 33.6 Å². The molecular weight excluding hydrogens is 895 g/mol. The van der Waals surface area contributed by atoms with Crippen molar-refractivity contribution in [1.82, 2.24) is 0 Å². The van der Waals surface area contributed by atoms with Crippen LogP contribution in [0.5, 0.6) is 0 Å². The average Bonchev–Trinajstić information content (AvgIpc) is 3.22. The topological polar surface area (TPSA) is 333 Å². The van der Waals surface area contributed by atoms with Gasteiger partial charge in [-0.15, -0.1) is 0 Å². The van der Waals surface area contributed by atoms with E-state index in [1.165, 1.54) is 72.8 Å². The second-order valence-corrected chi connectivity index (χ2v) is 16.3. The number of nitrogens with two attached hydrogens (primary N) is 2. The molecule has 22 heteroatoms. The molecule has 8 rings (SSSR count). The summed E-state index contributed by atoms with van der Waals surface area (Å²) in [6, 6.07) is 24.5. The fourth-order valence-electron chi connectivity index (χ4n) is 6.97. The Labute approximate surface area is 406 Å². The summed E-state index contributed by atoms with van der Waals surface area (Å²) in [6.45, 7) is 0. The number of hydrogen-bond donors (Lipinski definition) is 6. The van der Waals surface area contributed by atoms with Crippen LogP contribution < -0.4 is 91.4 Å². The Bertz CT molecular complexity index is 3050. The van der Waals surface area contributed by atoms with Gasteiger partial charge in [0.25, 0.3) is 20.2 Å². The SMILES string of the molecule is Nc1c(S(=O)(=O)O)cc(Nc2cccc(C(=O)[O-])c2)c2c1C(=O)c1ccccc1C2=O.Nc1c(S(=O)(=O)O)cc(Nc2cccc(C(=O)[O-])c2)c2c1C(=O)c1ccccc1C2=O.[Na+].[Na+]. The molecule has 0 amide bonds. The van der Waals surface area contributed by atoms with E-state index in [9.17, 15) is 64.9 Å². The minimum absolute atomic E-state index is 0. The minimum atomic E-state index is -4.85. The van der Waals surface area contributed by atoms with Crippen molar-refractivity contribution in [3.63, 3.8) is 0 Å². The zero-order valence-electron chi connectivity index (χ0n) is 33.2. The second kappa shape index (κ2) is 18.6. The van der Waals surface area contributed by atoms with Crippen LogP contribution >= 0.6 is 0 Å². The van der Waals surface area contributed by atoms with Crippen LogP contribution in [-0.4, -0.2) is 61.0 Å². The van der Waals surface area contributed by atoms with Gasteiger partial charge in [-0.05, 0) is 47.5 Å². The van der Waals surface area contributed by atoms with Crippen LogP contribution in [0.15, 0.2) is 119 Å². The largest absolute Gasteiger partial charge is 1.00 e. The quantitative estimate of drug-likeness (QED) is 0.0497. The van der Waals surface area contributed by atoms with E-state index in [0.717, 1.165) is 12.1 Å². The van der Waals surface area contributed by atoms with Crippen molar-refractivity contribution in [3.8, 4) is 0 Å². The van der Waals surface area contributed by atoms with E-state index in [0.29, 0.717) is 0 Å². The van der Waals surface area contributed by atoms with Gasteiger partial charge >= 0.3 is 59.1 Å². The third-order valence-corrected chi connectivity index (χ3v) is 11.5. The van der Waals surface area contributed by atoms with E-state index in [-0.39, 0.29) is 137 Å². The van der Waals surface area contributed by atoms with Crippen molar-refractivity contribution in [1.29, 1.82) is 0 Å². The Balaban J connectivity index is 0.000000234. The van der Waals surface area contributed by atoms with Gasteiger partial charge in [-0.2, -0.15) is 16.8 Å². The third-order valence-electron chi connectivity index (χ3n) is 9.71. The van der Waals surface area contributed by atoms with Gasteiger partial charge in [-0.25, -0.2) is 0 Å². The maximum absolute atomic E-state index is 13.2. The van der Waals surface area contributed by atoms with Crippen LogP contribution in [0.25, 0.3) is 0 Å². The van der Waals surface area contributed by atoms with E-state index >= 15 is 0 Å². The number of carbonyl (C=O) groups is 6. The fraction of sp³-hybridized carbons (Fsp3) is 0. The molecule has 2 aliphatic carbocycles. The van der Waals surface area contributed by atoms with Gasteiger partial charge in [0.15, 0.2) is 23.1 Å². The van der Waals surface area contributed by atoms with E-state index < -0.39 is 76.5 Å². The van der Waals surface area contributed by atoms with E-state index in [2.05, 4.69) is 10.6 Å². The summed E-state index contributed by atoms with van der Waals surface area (Å²) in [5.74, 6) is -5.42. The summed E-state index contributed by atoms with van der Waals surface area (Å²) in [4.78, 5) is 73.3. The van der Waals surface area contributed by atoms with Crippen LogP contribution in [0.2, 0.25) is 0 Å². The van der Waals surface area contributed by atoms with Crippen molar-refractivity contribution in [2.75, 3.05) is 22.1 Å². The number of anilines is 6. The zero-order valence-corrected chi connectivity index (χ0v) is 38.8. The molecule has 18 nitrogen and oxygen atoms in total. The molecule has 64 heavy (non-hydrogen) atoms. The molecular formula is C42H26N4Na2O14S2. The zero-order chi connectivity index (χ0) is 45.0. The molecule has 0 aliphatic heterocycles. The first-order valence-corrected chi connectivity index (χ1v) is 20.5. The summed E-state index contributed by atoms with van der Waals surface area (Å²) < 4.78 is 66.8. The van der Waals surface area contributed by atoms with E-state index in [1.54, 1.807) is 24.3 Å². The van der Waals surface area contributed by atoms with Crippen molar-refractivity contribution < 1.29 is 124 Å². The number of nitrogens with one attached hydrogen (secondary N) is 2. The summed E-state index contributed by atoms with van der Waals surface area (Å²) in [5, 5.41) is 27.8. The molecule has 2 aliphatic rings. The number of carbonyl (C=O) groups excluding carboxylic acids is 6. The van der Waals surface area contributed by atoms with Gasteiger partial charge in [-0.1, -0.05) is 72.8 Å². The fourth-order valence-corrected chi connectivity index (χ4v) is 8.26. The van der Waals surface area contributed by atoms with Gasteiger partial charge < -0.3 is 41.9 Å². The number of aromatic carboxylic acids is 2. The molecule has 8 N–H and O–H groups in total. The van der Waals surface area contributed by atoms with Crippen molar-refractivity contribution >= 4 is 89.4 Å². The number of benzene rings is 6. The summed E-state index contributed by atoms with van der Waals surface area (Å²) in [6.07, 6.45) is 0. The van der Waals surface area contributed by atoms with Gasteiger partial charge in [0.05, 0.1) is 56.9 Å². The van der Waals surface area contributed by atoms with Gasteiger partial charge in [-0.3, -0.25) is 28.3 Å².